The lowest BCUT2D eigenvalue weighted by atomic mass is 9.88. The van der Waals surface area contributed by atoms with Crippen LogP contribution in [0.2, 0.25) is 0 Å². The number of benzene rings is 1. The molecule has 4 rings (SSSR count). The lowest BCUT2D eigenvalue weighted by Crippen LogP contribution is -2.14. The summed E-state index contributed by atoms with van der Waals surface area (Å²) in [5.41, 5.74) is 3.11. The maximum absolute atomic E-state index is 12.6. The maximum Gasteiger partial charge on any atom is 0.228 e. The van der Waals surface area contributed by atoms with Gasteiger partial charge in [0.1, 0.15) is 11.1 Å². The number of carbonyl (C=O) groups is 1. The van der Waals surface area contributed by atoms with E-state index in [2.05, 4.69) is 30.4 Å². The van der Waals surface area contributed by atoms with Gasteiger partial charge in [0, 0.05) is 10.8 Å². The van der Waals surface area contributed by atoms with Crippen molar-refractivity contribution in [2.24, 2.45) is 11.8 Å². The molecule has 122 valence electrons. The molecule has 4 heteroatoms. The Kier molecular flexibility index (Phi) is 3.90. The Hall–Kier alpha value is -2.12. The zero-order valence-corrected chi connectivity index (χ0v) is 14.5. The van der Waals surface area contributed by atoms with Crippen molar-refractivity contribution in [3.05, 3.63) is 51.9 Å². The number of nitriles is 1. The van der Waals surface area contributed by atoms with Crippen molar-refractivity contribution in [1.82, 2.24) is 0 Å². The minimum Gasteiger partial charge on any atom is -0.316 e. The average molecular weight is 336 g/mol. The number of thiophene rings is 1. The summed E-state index contributed by atoms with van der Waals surface area (Å²) in [6.07, 6.45) is 4.02. The lowest BCUT2D eigenvalue weighted by molar-refractivity contribution is -0.117. The Labute approximate surface area is 146 Å². The highest BCUT2D eigenvalue weighted by molar-refractivity contribution is 7.16. The summed E-state index contributed by atoms with van der Waals surface area (Å²) in [5.74, 6) is 1.09. The van der Waals surface area contributed by atoms with Gasteiger partial charge in [-0.05, 0) is 48.6 Å². The van der Waals surface area contributed by atoms with Gasteiger partial charge in [-0.15, -0.1) is 11.3 Å². The first-order chi connectivity index (χ1) is 11.7. The predicted octanol–water partition coefficient (Wildman–Crippen LogP) is 4.49. The average Bonchev–Trinajstić information content (AvgIpc) is 3.32. The number of anilines is 1. The highest BCUT2D eigenvalue weighted by atomic mass is 32.1. The minimum atomic E-state index is 0.0389. The summed E-state index contributed by atoms with van der Waals surface area (Å²) < 4.78 is 0. The highest BCUT2D eigenvalue weighted by Crippen LogP contribution is 2.48. The lowest BCUT2D eigenvalue weighted by Gasteiger charge is -2.17. The van der Waals surface area contributed by atoms with Gasteiger partial charge in [-0.25, -0.2) is 0 Å². The molecule has 3 atom stereocenters. The van der Waals surface area contributed by atoms with Crippen LogP contribution in [0, 0.1) is 23.2 Å². The van der Waals surface area contributed by atoms with Crippen LogP contribution in [-0.4, -0.2) is 5.91 Å². The van der Waals surface area contributed by atoms with Crippen molar-refractivity contribution in [3.63, 3.8) is 0 Å². The van der Waals surface area contributed by atoms with Crippen molar-refractivity contribution < 1.29 is 4.79 Å². The molecule has 0 saturated heterocycles. The maximum atomic E-state index is 12.6. The molecule has 0 bridgehead atoms. The summed E-state index contributed by atoms with van der Waals surface area (Å²) >= 11 is 1.61. The molecule has 1 aromatic heterocycles. The fourth-order valence-corrected chi connectivity index (χ4v) is 5.08. The van der Waals surface area contributed by atoms with E-state index in [1.807, 2.05) is 18.2 Å². The second-order valence-electron chi connectivity index (χ2n) is 7.02. The minimum absolute atomic E-state index is 0.0389. The molecule has 1 saturated carbocycles. The molecule has 3 nitrogen and oxygen atoms in total. The summed E-state index contributed by atoms with van der Waals surface area (Å²) in [6, 6.07) is 12.5. The Balaban J connectivity index is 1.50. The molecule has 1 heterocycles. The largest absolute Gasteiger partial charge is 0.316 e. The van der Waals surface area contributed by atoms with Crippen molar-refractivity contribution in [3.8, 4) is 6.07 Å². The quantitative estimate of drug-likeness (QED) is 0.898. The van der Waals surface area contributed by atoms with Crippen molar-refractivity contribution in [2.45, 2.75) is 38.5 Å². The summed E-state index contributed by atoms with van der Waals surface area (Å²) in [7, 11) is 0. The van der Waals surface area contributed by atoms with E-state index in [0.29, 0.717) is 17.4 Å². The van der Waals surface area contributed by atoms with Crippen LogP contribution in [-0.2, 0) is 17.6 Å². The van der Waals surface area contributed by atoms with E-state index in [9.17, 15) is 10.1 Å². The van der Waals surface area contributed by atoms with Crippen LogP contribution in [0.15, 0.2) is 30.3 Å². The number of nitrogens with one attached hydrogen (secondary N) is 1. The SMILES string of the molecule is C[C@@H]1CCc2c(sc(NC(=O)[C@@H]3C[C@H]3c3ccccc3)c2C#N)C1. The summed E-state index contributed by atoms with van der Waals surface area (Å²) in [4.78, 5) is 13.9. The standard InChI is InChI=1S/C20H20N2OS/c1-12-7-8-14-17(11-21)20(24-18(14)9-12)22-19(23)16-10-15(16)13-5-3-2-4-6-13/h2-6,12,15-16H,7-10H2,1H3,(H,22,23)/t12-,15+,16-/m1/s1. The van der Waals surface area contributed by atoms with Gasteiger partial charge in [0.2, 0.25) is 5.91 Å². The molecule has 0 spiro atoms. The van der Waals surface area contributed by atoms with Gasteiger partial charge >= 0.3 is 0 Å². The second kappa shape index (κ2) is 6.07. The van der Waals surface area contributed by atoms with Gasteiger partial charge in [0.25, 0.3) is 0 Å². The van der Waals surface area contributed by atoms with Gasteiger partial charge in [0.15, 0.2) is 0 Å². The number of fused-ring (bicyclic) bond motifs is 1. The molecule has 0 unspecified atom stereocenters. The Bertz CT molecular complexity index is 818. The number of rotatable bonds is 3. The third-order valence-corrected chi connectivity index (χ3v) is 6.38. The topological polar surface area (TPSA) is 52.9 Å². The number of amides is 1. The van der Waals surface area contributed by atoms with Gasteiger partial charge in [0.05, 0.1) is 5.56 Å². The van der Waals surface area contributed by atoms with Crippen molar-refractivity contribution in [1.29, 1.82) is 5.26 Å². The Morgan fingerprint density at radius 2 is 2.12 bits per heavy atom. The Morgan fingerprint density at radius 1 is 1.33 bits per heavy atom. The van der Waals surface area contributed by atoms with Gasteiger partial charge < -0.3 is 5.32 Å². The predicted molar refractivity (Wildman–Crippen MR) is 96.1 cm³/mol. The van der Waals surface area contributed by atoms with Crippen LogP contribution in [0.4, 0.5) is 5.00 Å². The molecule has 1 aromatic carbocycles. The summed E-state index contributed by atoms with van der Waals surface area (Å²) in [6.45, 7) is 2.25. The van der Waals surface area contributed by atoms with E-state index in [4.69, 9.17) is 0 Å². The third kappa shape index (κ3) is 2.74. The van der Waals surface area contributed by atoms with E-state index >= 15 is 0 Å². The van der Waals surface area contributed by atoms with E-state index in [1.54, 1.807) is 11.3 Å². The molecule has 0 radical (unpaired) electrons. The van der Waals surface area contributed by atoms with Crippen molar-refractivity contribution >= 4 is 22.2 Å². The molecular formula is C20H20N2OS. The zero-order chi connectivity index (χ0) is 16.7. The Morgan fingerprint density at radius 3 is 2.88 bits per heavy atom. The first kappa shape index (κ1) is 15.4. The summed E-state index contributed by atoms with van der Waals surface area (Å²) in [5, 5.41) is 13.3. The third-order valence-electron chi connectivity index (χ3n) is 5.22. The van der Waals surface area contributed by atoms with Crippen LogP contribution >= 0.6 is 11.3 Å². The smallest absolute Gasteiger partial charge is 0.228 e. The second-order valence-corrected chi connectivity index (χ2v) is 8.12. The van der Waals surface area contributed by atoms with Crippen LogP contribution in [0.1, 0.15) is 47.3 Å². The highest BCUT2D eigenvalue weighted by Gasteiger charge is 2.44. The fraction of sp³-hybridized carbons (Fsp3) is 0.400. The van der Waals surface area contributed by atoms with Crippen molar-refractivity contribution in [2.75, 3.05) is 5.32 Å². The van der Waals surface area contributed by atoms with E-state index in [0.717, 1.165) is 30.7 Å². The van der Waals surface area contributed by atoms with Gasteiger partial charge in [-0.1, -0.05) is 37.3 Å². The molecule has 2 aliphatic rings. The van der Waals surface area contributed by atoms with Gasteiger partial charge in [-0.2, -0.15) is 5.26 Å². The first-order valence-corrected chi connectivity index (χ1v) is 9.39. The van der Waals surface area contributed by atoms with E-state index < -0.39 is 0 Å². The van der Waals surface area contributed by atoms with Crippen LogP contribution in [0.25, 0.3) is 0 Å². The van der Waals surface area contributed by atoms with Gasteiger partial charge in [-0.3, -0.25) is 4.79 Å². The fourth-order valence-electron chi connectivity index (χ4n) is 3.72. The van der Waals surface area contributed by atoms with E-state index in [-0.39, 0.29) is 11.8 Å². The molecular weight excluding hydrogens is 316 g/mol. The number of carbonyl (C=O) groups excluding carboxylic acids is 1. The molecule has 1 fully saturated rings. The molecule has 2 aliphatic carbocycles. The molecule has 1 amide bonds. The molecule has 0 aliphatic heterocycles. The molecule has 2 aromatic rings. The number of hydrogen-bond donors (Lipinski definition) is 1. The number of hydrogen-bond acceptors (Lipinski definition) is 3. The zero-order valence-electron chi connectivity index (χ0n) is 13.7. The van der Waals surface area contributed by atoms with E-state index in [1.165, 1.54) is 16.0 Å². The van der Waals surface area contributed by atoms with Crippen LogP contribution in [0.5, 0.6) is 0 Å². The monoisotopic (exact) mass is 336 g/mol. The molecule has 1 N–H and O–H groups in total. The first-order valence-electron chi connectivity index (χ1n) is 8.57. The normalized spacial score (nSPS) is 24.8. The number of nitrogens with zero attached hydrogens (tertiary/aromatic N) is 1. The van der Waals surface area contributed by atoms with Crippen LogP contribution < -0.4 is 5.32 Å². The molecule has 24 heavy (non-hydrogen) atoms. The van der Waals surface area contributed by atoms with Crippen LogP contribution in [0.3, 0.4) is 0 Å².